The van der Waals surface area contributed by atoms with Crippen molar-refractivity contribution in [2.24, 2.45) is 0 Å². The van der Waals surface area contributed by atoms with E-state index >= 15 is 0 Å². The van der Waals surface area contributed by atoms with Crippen LogP contribution >= 0.6 is 0 Å². The van der Waals surface area contributed by atoms with Gasteiger partial charge in [-0.1, -0.05) is 6.07 Å². The highest BCUT2D eigenvalue weighted by Crippen LogP contribution is 2.18. The van der Waals surface area contributed by atoms with E-state index in [1.807, 2.05) is 24.1 Å². The normalized spacial score (nSPS) is 16.1. The molecule has 0 radical (unpaired) electrons. The minimum atomic E-state index is 0.0238. The maximum absolute atomic E-state index is 11.9. The number of nitrogens with zero attached hydrogens (tertiary/aromatic N) is 1. The summed E-state index contributed by atoms with van der Waals surface area (Å²) in [6.07, 6.45) is 3.60. The number of carbonyl (C=O) groups is 1. The van der Waals surface area contributed by atoms with Crippen LogP contribution in [-0.2, 0) is 9.63 Å². The predicted octanol–water partition coefficient (Wildman–Crippen LogP) is 2.32. The third-order valence-electron chi connectivity index (χ3n) is 3.42. The Bertz CT molecular complexity index is 456. The van der Waals surface area contributed by atoms with E-state index in [-0.39, 0.29) is 5.91 Å². The molecular weight excluding hydrogens is 254 g/mol. The first-order valence-electron chi connectivity index (χ1n) is 7.19. The van der Waals surface area contributed by atoms with Crippen LogP contribution in [0, 0.1) is 6.92 Å². The largest absolute Gasteiger partial charge is 0.399 e. The quantitative estimate of drug-likeness (QED) is 0.811. The molecule has 1 heterocycles. The summed E-state index contributed by atoms with van der Waals surface area (Å²) in [5, 5.41) is 4.87. The molecule has 0 unspecified atom stereocenters. The van der Waals surface area contributed by atoms with E-state index in [0.717, 1.165) is 43.8 Å². The zero-order chi connectivity index (χ0) is 14.4. The van der Waals surface area contributed by atoms with Crippen LogP contribution in [0.5, 0.6) is 0 Å². The van der Waals surface area contributed by atoms with E-state index in [1.54, 1.807) is 6.07 Å². The number of nitrogens with two attached hydrogens (primary N) is 1. The third-order valence-corrected chi connectivity index (χ3v) is 3.42. The van der Waals surface area contributed by atoms with Crippen LogP contribution in [0.2, 0.25) is 0 Å². The number of rotatable bonds is 5. The molecule has 0 aromatic heterocycles. The molecule has 1 aliphatic rings. The number of hydrogen-bond acceptors (Lipinski definition) is 4. The standard InChI is InChI=1S/C15H23N3O2/c1-12-6-7-13(16)11-14(12)17-15(19)5-4-9-18-8-2-3-10-20-18/h6-7,11H,2-5,8-10,16H2,1H3,(H,17,19). The molecule has 20 heavy (non-hydrogen) atoms. The molecule has 1 aromatic rings. The van der Waals surface area contributed by atoms with Crippen molar-refractivity contribution >= 4 is 17.3 Å². The number of aryl methyl sites for hydroxylation is 1. The molecule has 1 fully saturated rings. The van der Waals surface area contributed by atoms with Gasteiger partial charge in [0.25, 0.3) is 0 Å². The fraction of sp³-hybridized carbons (Fsp3) is 0.533. The van der Waals surface area contributed by atoms with Crippen molar-refractivity contribution < 1.29 is 9.63 Å². The Balaban J connectivity index is 1.73. The van der Waals surface area contributed by atoms with Gasteiger partial charge in [0.05, 0.1) is 6.61 Å². The maximum Gasteiger partial charge on any atom is 0.224 e. The van der Waals surface area contributed by atoms with Crippen LogP contribution in [0.15, 0.2) is 18.2 Å². The van der Waals surface area contributed by atoms with Crippen LogP contribution in [0.4, 0.5) is 11.4 Å². The molecule has 2 rings (SSSR count). The Hall–Kier alpha value is -1.59. The van der Waals surface area contributed by atoms with Crippen molar-refractivity contribution in [2.45, 2.75) is 32.6 Å². The first kappa shape index (κ1) is 14.8. The van der Waals surface area contributed by atoms with Crippen LogP contribution in [0.1, 0.15) is 31.2 Å². The molecule has 0 spiro atoms. The molecule has 0 atom stereocenters. The van der Waals surface area contributed by atoms with E-state index in [2.05, 4.69) is 5.32 Å². The van der Waals surface area contributed by atoms with Crippen molar-refractivity contribution in [3.8, 4) is 0 Å². The van der Waals surface area contributed by atoms with Crippen molar-refractivity contribution in [3.05, 3.63) is 23.8 Å². The zero-order valence-electron chi connectivity index (χ0n) is 12.0. The number of nitrogens with one attached hydrogen (secondary N) is 1. The van der Waals surface area contributed by atoms with E-state index in [9.17, 15) is 4.79 Å². The van der Waals surface area contributed by atoms with Crippen molar-refractivity contribution in [3.63, 3.8) is 0 Å². The van der Waals surface area contributed by atoms with Crippen LogP contribution in [-0.4, -0.2) is 30.7 Å². The lowest BCUT2D eigenvalue weighted by Crippen LogP contribution is -2.31. The molecule has 1 amide bonds. The van der Waals surface area contributed by atoms with E-state index in [4.69, 9.17) is 10.6 Å². The molecule has 5 nitrogen and oxygen atoms in total. The molecule has 1 aliphatic heterocycles. The number of amides is 1. The number of nitrogen functional groups attached to an aromatic ring is 1. The average Bonchev–Trinajstić information content (AvgIpc) is 2.44. The zero-order valence-corrected chi connectivity index (χ0v) is 12.0. The van der Waals surface area contributed by atoms with Crippen LogP contribution in [0.25, 0.3) is 0 Å². The Kier molecular flexibility index (Phi) is 5.38. The fourth-order valence-electron chi connectivity index (χ4n) is 2.23. The molecule has 0 bridgehead atoms. The number of anilines is 2. The van der Waals surface area contributed by atoms with Gasteiger partial charge in [-0.25, -0.2) is 0 Å². The molecule has 0 saturated carbocycles. The summed E-state index contributed by atoms with van der Waals surface area (Å²) in [4.78, 5) is 17.4. The second kappa shape index (κ2) is 7.26. The number of benzene rings is 1. The number of hydrogen-bond donors (Lipinski definition) is 2. The second-order valence-corrected chi connectivity index (χ2v) is 5.20. The first-order chi connectivity index (χ1) is 9.65. The highest BCUT2D eigenvalue weighted by molar-refractivity contribution is 5.91. The monoisotopic (exact) mass is 277 g/mol. The Morgan fingerprint density at radius 3 is 3.05 bits per heavy atom. The fourth-order valence-corrected chi connectivity index (χ4v) is 2.23. The van der Waals surface area contributed by atoms with Crippen molar-refractivity contribution in [2.75, 3.05) is 30.7 Å². The summed E-state index contributed by atoms with van der Waals surface area (Å²) in [7, 11) is 0. The second-order valence-electron chi connectivity index (χ2n) is 5.20. The first-order valence-corrected chi connectivity index (χ1v) is 7.19. The van der Waals surface area contributed by atoms with Gasteiger partial charge >= 0.3 is 0 Å². The Morgan fingerprint density at radius 1 is 1.45 bits per heavy atom. The van der Waals surface area contributed by atoms with Gasteiger partial charge in [0.15, 0.2) is 0 Å². The SMILES string of the molecule is Cc1ccc(N)cc1NC(=O)CCCN1CCCCO1. The van der Waals surface area contributed by atoms with Gasteiger partial charge in [-0.3, -0.25) is 9.63 Å². The van der Waals surface area contributed by atoms with Gasteiger partial charge in [0.2, 0.25) is 5.91 Å². The summed E-state index contributed by atoms with van der Waals surface area (Å²) in [6.45, 7) is 4.53. The lowest BCUT2D eigenvalue weighted by atomic mass is 10.1. The van der Waals surface area contributed by atoms with Gasteiger partial charge in [-0.05, 0) is 43.9 Å². The van der Waals surface area contributed by atoms with Crippen LogP contribution in [0.3, 0.4) is 0 Å². The lowest BCUT2D eigenvalue weighted by Gasteiger charge is -2.25. The minimum absolute atomic E-state index is 0.0238. The van der Waals surface area contributed by atoms with Gasteiger partial charge in [-0.2, -0.15) is 5.06 Å². The molecule has 1 aromatic carbocycles. The summed E-state index contributed by atoms with van der Waals surface area (Å²) in [5.41, 5.74) is 8.20. The smallest absolute Gasteiger partial charge is 0.224 e. The Morgan fingerprint density at radius 2 is 2.30 bits per heavy atom. The maximum atomic E-state index is 11.9. The van der Waals surface area contributed by atoms with Crippen LogP contribution < -0.4 is 11.1 Å². The summed E-state index contributed by atoms with van der Waals surface area (Å²) >= 11 is 0. The molecule has 110 valence electrons. The summed E-state index contributed by atoms with van der Waals surface area (Å²) < 4.78 is 0. The van der Waals surface area contributed by atoms with E-state index in [1.165, 1.54) is 6.42 Å². The van der Waals surface area contributed by atoms with Gasteiger partial charge in [0.1, 0.15) is 0 Å². The molecule has 3 N–H and O–H groups in total. The van der Waals surface area contributed by atoms with Gasteiger partial charge < -0.3 is 11.1 Å². The van der Waals surface area contributed by atoms with E-state index in [0.29, 0.717) is 12.1 Å². The molecule has 1 saturated heterocycles. The van der Waals surface area contributed by atoms with Crippen molar-refractivity contribution in [1.29, 1.82) is 0 Å². The van der Waals surface area contributed by atoms with Gasteiger partial charge in [-0.15, -0.1) is 0 Å². The predicted molar refractivity (Wildman–Crippen MR) is 80.2 cm³/mol. The number of hydroxylamine groups is 2. The third kappa shape index (κ3) is 4.51. The number of carbonyl (C=O) groups excluding carboxylic acids is 1. The van der Waals surface area contributed by atoms with Gasteiger partial charge in [0, 0.05) is 30.9 Å². The highest BCUT2D eigenvalue weighted by atomic mass is 16.7. The highest BCUT2D eigenvalue weighted by Gasteiger charge is 2.11. The molecule has 0 aliphatic carbocycles. The topological polar surface area (TPSA) is 67.6 Å². The average molecular weight is 277 g/mol. The lowest BCUT2D eigenvalue weighted by molar-refractivity contribution is -0.180. The molecular formula is C15H23N3O2. The van der Waals surface area contributed by atoms with Crippen molar-refractivity contribution in [1.82, 2.24) is 5.06 Å². The summed E-state index contributed by atoms with van der Waals surface area (Å²) in [5.74, 6) is 0.0238. The minimum Gasteiger partial charge on any atom is -0.399 e. The van der Waals surface area contributed by atoms with E-state index < -0.39 is 0 Å². The molecule has 5 heteroatoms. The summed E-state index contributed by atoms with van der Waals surface area (Å²) in [6, 6.07) is 5.53. The Labute approximate surface area is 120 Å².